The lowest BCUT2D eigenvalue weighted by Crippen LogP contribution is -2.18. The first-order valence-electron chi connectivity index (χ1n) is 7.74. The highest BCUT2D eigenvalue weighted by Crippen LogP contribution is 2.32. The monoisotopic (exact) mass is 302 g/mol. The Balaban J connectivity index is 1.58. The quantitative estimate of drug-likeness (QED) is 0.817. The molecule has 0 amide bonds. The van der Waals surface area contributed by atoms with Crippen LogP contribution in [0.4, 0.5) is 0 Å². The van der Waals surface area contributed by atoms with E-state index >= 15 is 0 Å². The van der Waals surface area contributed by atoms with E-state index in [1.165, 1.54) is 25.7 Å². The summed E-state index contributed by atoms with van der Waals surface area (Å²) in [5.41, 5.74) is 0.960. The molecule has 2 aromatic rings. The highest BCUT2D eigenvalue weighted by molar-refractivity contribution is 5.22. The van der Waals surface area contributed by atoms with Crippen molar-refractivity contribution in [3.63, 3.8) is 0 Å². The molecular formula is C16H22N4O2. The van der Waals surface area contributed by atoms with Crippen molar-refractivity contribution in [2.75, 3.05) is 14.2 Å². The lowest BCUT2D eigenvalue weighted by molar-refractivity contribution is 0.294. The Morgan fingerprint density at radius 3 is 2.91 bits per heavy atom. The number of hydrogen-bond acceptors (Lipinski definition) is 6. The summed E-state index contributed by atoms with van der Waals surface area (Å²) < 4.78 is 10.6. The average Bonchev–Trinajstić information content (AvgIpc) is 3.18. The zero-order valence-electron chi connectivity index (χ0n) is 13.2. The van der Waals surface area contributed by atoms with Gasteiger partial charge in [-0.2, -0.15) is 4.98 Å². The zero-order chi connectivity index (χ0) is 15.4. The number of hydrogen-bond donors (Lipinski definition) is 0. The molecule has 0 unspecified atom stereocenters. The molecule has 2 aromatic heterocycles. The Bertz CT molecular complexity index is 608. The van der Waals surface area contributed by atoms with Crippen LogP contribution in [0.25, 0.3) is 0 Å². The average molecular weight is 302 g/mol. The summed E-state index contributed by atoms with van der Waals surface area (Å²) in [5.74, 6) is 2.83. The molecular weight excluding hydrogens is 280 g/mol. The number of ether oxygens (including phenoxy) is 1. The summed E-state index contributed by atoms with van der Waals surface area (Å²) in [6, 6.07) is 3.78. The van der Waals surface area contributed by atoms with Crippen molar-refractivity contribution in [2.24, 2.45) is 0 Å². The standard InChI is InChI=1S/C16H22N4O2/c1-20(10-13-9-14(21-2)7-8-17-13)11-15-18-16(22-19-15)12-5-3-4-6-12/h7-9,12H,3-6,10-11H2,1-2H3. The Morgan fingerprint density at radius 2 is 2.14 bits per heavy atom. The van der Waals surface area contributed by atoms with Gasteiger partial charge in [0.2, 0.25) is 5.89 Å². The fourth-order valence-corrected chi connectivity index (χ4v) is 2.91. The third-order valence-corrected chi connectivity index (χ3v) is 4.06. The highest BCUT2D eigenvalue weighted by atomic mass is 16.5. The maximum atomic E-state index is 5.41. The molecule has 3 rings (SSSR count). The Kier molecular flexibility index (Phi) is 4.68. The molecule has 0 saturated heterocycles. The minimum Gasteiger partial charge on any atom is -0.497 e. The smallest absolute Gasteiger partial charge is 0.229 e. The Labute approximate surface area is 130 Å². The molecule has 1 aliphatic carbocycles. The molecule has 2 heterocycles. The summed E-state index contributed by atoms with van der Waals surface area (Å²) >= 11 is 0. The lowest BCUT2D eigenvalue weighted by atomic mass is 10.1. The van der Waals surface area contributed by atoms with E-state index in [1.807, 2.05) is 19.2 Å². The third-order valence-electron chi connectivity index (χ3n) is 4.06. The van der Waals surface area contributed by atoms with Crippen molar-refractivity contribution in [3.8, 4) is 5.75 Å². The second-order valence-corrected chi connectivity index (χ2v) is 5.89. The van der Waals surface area contributed by atoms with Crippen LogP contribution < -0.4 is 4.74 Å². The van der Waals surface area contributed by atoms with Gasteiger partial charge in [-0.1, -0.05) is 18.0 Å². The van der Waals surface area contributed by atoms with E-state index in [1.54, 1.807) is 13.3 Å². The number of pyridine rings is 1. The zero-order valence-corrected chi connectivity index (χ0v) is 13.2. The van der Waals surface area contributed by atoms with Crippen LogP contribution in [-0.4, -0.2) is 34.2 Å². The maximum absolute atomic E-state index is 5.41. The topological polar surface area (TPSA) is 64.3 Å². The van der Waals surface area contributed by atoms with Crippen molar-refractivity contribution < 1.29 is 9.26 Å². The Hall–Kier alpha value is -1.95. The van der Waals surface area contributed by atoms with Gasteiger partial charge in [0.05, 0.1) is 19.3 Å². The third kappa shape index (κ3) is 3.62. The highest BCUT2D eigenvalue weighted by Gasteiger charge is 2.23. The molecule has 0 aromatic carbocycles. The normalized spacial score (nSPS) is 15.6. The van der Waals surface area contributed by atoms with Crippen LogP contribution in [0.15, 0.2) is 22.9 Å². The molecule has 0 N–H and O–H groups in total. The Morgan fingerprint density at radius 1 is 1.32 bits per heavy atom. The summed E-state index contributed by atoms with van der Waals surface area (Å²) in [6.07, 6.45) is 6.64. The van der Waals surface area contributed by atoms with Gasteiger partial charge in [0, 0.05) is 24.7 Å². The van der Waals surface area contributed by atoms with Crippen LogP contribution in [0.1, 0.15) is 49.0 Å². The number of aromatic nitrogens is 3. The first kappa shape index (κ1) is 15.0. The van der Waals surface area contributed by atoms with Gasteiger partial charge in [0.15, 0.2) is 5.82 Å². The number of rotatable bonds is 6. The van der Waals surface area contributed by atoms with E-state index in [2.05, 4.69) is 20.0 Å². The second-order valence-electron chi connectivity index (χ2n) is 5.89. The van der Waals surface area contributed by atoms with Crippen molar-refractivity contribution in [3.05, 3.63) is 35.7 Å². The molecule has 118 valence electrons. The molecule has 0 atom stereocenters. The van der Waals surface area contributed by atoms with Crippen LogP contribution in [0, 0.1) is 0 Å². The minimum atomic E-state index is 0.464. The van der Waals surface area contributed by atoms with Gasteiger partial charge in [-0.3, -0.25) is 9.88 Å². The van der Waals surface area contributed by atoms with E-state index in [4.69, 9.17) is 9.26 Å². The summed E-state index contributed by atoms with van der Waals surface area (Å²) in [6.45, 7) is 1.36. The van der Waals surface area contributed by atoms with Gasteiger partial charge in [0.1, 0.15) is 5.75 Å². The van der Waals surface area contributed by atoms with E-state index in [9.17, 15) is 0 Å². The second kappa shape index (κ2) is 6.87. The number of nitrogens with zero attached hydrogens (tertiary/aromatic N) is 4. The summed E-state index contributed by atoms with van der Waals surface area (Å²) in [4.78, 5) is 11.0. The van der Waals surface area contributed by atoms with Crippen molar-refractivity contribution in [1.82, 2.24) is 20.0 Å². The van der Waals surface area contributed by atoms with E-state index in [-0.39, 0.29) is 0 Å². The molecule has 0 aliphatic heterocycles. The van der Waals surface area contributed by atoms with E-state index in [0.29, 0.717) is 19.0 Å². The minimum absolute atomic E-state index is 0.464. The molecule has 6 nitrogen and oxygen atoms in total. The molecule has 1 fully saturated rings. The van der Waals surface area contributed by atoms with Crippen molar-refractivity contribution in [2.45, 2.75) is 44.7 Å². The first-order chi connectivity index (χ1) is 10.7. The lowest BCUT2D eigenvalue weighted by Gasteiger charge is -2.14. The molecule has 0 bridgehead atoms. The van der Waals surface area contributed by atoms with Crippen molar-refractivity contribution >= 4 is 0 Å². The van der Waals surface area contributed by atoms with Gasteiger partial charge >= 0.3 is 0 Å². The van der Waals surface area contributed by atoms with Gasteiger partial charge < -0.3 is 9.26 Å². The first-order valence-corrected chi connectivity index (χ1v) is 7.74. The summed E-state index contributed by atoms with van der Waals surface area (Å²) in [5, 5.41) is 4.10. The SMILES string of the molecule is COc1ccnc(CN(C)Cc2noc(C3CCCC3)n2)c1. The van der Waals surface area contributed by atoms with Crippen LogP contribution in [0.2, 0.25) is 0 Å². The van der Waals surface area contributed by atoms with Gasteiger partial charge in [0.25, 0.3) is 0 Å². The molecule has 0 radical (unpaired) electrons. The molecule has 1 aliphatic rings. The van der Waals surface area contributed by atoms with E-state index < -0.39 is 0 Å². The van der Waals surface area contributed by atoms with Crippen molar-refractivity contribution in [1.29, 1.82) is 0 Å². The van der Waals surface area contributed by atoms with Crippen LogP contribution >= 0.6 is 0 Å². The molecule has 6 heteroatoms. The van der Waals surface area contributed by atoms with Gasteiger partial charge in [-0.25, -0.2) is 0 Å². The van der Waals surface area contributed by atoms with E-state index in [0.717, 1.165) is 23.2 Å². The largest absolute Gasteiger partial charge is 0.497 e. The van der Waals surface area contributed by atoms with Gasteiger partial charge in [-0.15, -0.1) is 0 Å². The molecule has 0 spiro atoms. The predicted molar refractivity (Wildman–Crippen MR) is 81.5 cm³/mol. The van der Waals surface area contributed by atoms with Crippen LogP contribution in [-0.2, 0) is 13.1 Å². The molecule has 1 saturated carbocycles. The fourth-order valence-electron chi connectivity index (χ4n) is 2.91. The number of methoxy groups -OCH3 is 1. The summed E-state index contributed by atoms with van der Waals surface area (Å²) in [7, 11) is 3.68. The van der Waals surface area contributed by atoms with Crippen LogP contribution in [0.3, 0.4) is 0 Å². The fraction of sp³-hybridized carbons (Fsp3) is 0.562. The predicted octanol–water partition coefficient (Wildman–Crippen LogP) is 2.76. The van der Waals surface area contributed by atoms with Gasteiger partial charge in [-0.05, 0) is 26.0 Å². The molecule has 22 heavy (non-hydrogen) atoms. The maximum Gasteiger partial charge on any atom is 0.229 e. The van der Waals surface area contributed by atoms with Crippen LogP contribution in [0.5, 0.6) is 5.75 Å².